The molecule has 0 rings (SSSR count). The number of unbranched alkanes of at least 4 members (excludes halogenated alkanes) is 6. The normalized spacial score (nSPS) is 12.6. The van der Waals surface area contributed by atoms with Gasteiger partial charge in [-0.1, -0.05) is 65.2 Å². The molecule has 2 atom stereocenters. The van der Waals surface area contributed by atoms with Crippen LogP contribution in [0.2, 0.25) is 0 Å². The maximum Gasteiger partial charge on any atom is 1.00 e. The molecule has 0 spiro atoms. The van der Waals surface area contributed by atoms with E-state index in [1.54, 1.807) is 0 Å². The van der Waals surface area contributed by atoms with Gasteiger partial charge in [0, 0.05) is 11.9 Å². The maximum atomic E-state index is 10.3. The summed E-state index contributed by atoms with van der Waals surface area (Å²) in [6, 6.07) is 0. The van der Waals surface area contributed by atoms with E-state index in [-0.39, 0.29) is 72.0 Å². The standard InChI is InChI=1S/C18H34O4.2Na/c1-15(11-7-3-5-9-13-17(19)20)16(2)12-8-4-6-10-14-18(21)22;;/h15-16H,3-14H2,1-2H3,(H,19,20)(H,21,22);;/q;2*+1/p-2. The van der Waals surface area contributed by atoms with Gasteiger partial charge in [0.05, 0.1) is 0 Å². The summed E-state index contributed by atoms with van der Waals surface area (Å²) in [4.78, 5) is 20.6. The van der Waals surface area contributed by atoms with Crippen LogP contribution in [0.3, 0.4) is 0 Å². The molecule has 0 fully saturated rings. The van der Waals surface area contributed by atoms with Crippen molar-refractivity contribution in [3.8, 4) is 0 Å². The topological polar surface area (TPSA) is 80.3 Å². The average Bonchev–Trinajstić information content (AvgIpc) is 2.45. The van der Waals surface area contributed by atoms with E-state index in [2.05, 4.69) is 13.8 Å². The third kappa shape index (κ3) is 21.0. The van der Waals surface area contributed by atoms with Crippen molar-refractivity contribution in [2.45, 2.75) is 90.9 Å². The third-order valence-corrected chi connectivity index (χ3v) is 4.55. The molecule has 6 heteroatoms. The first-order valence-corrected chi connectivity index (χ1v) is 8.83. The fourth-order valence-electron chi connectivity index (χ4n) is 2.75. The quantitative estimate of drug-likeness (QED) is 0.224. The predicted octanol–water partition coefficient (Wildman–Crippen LogP) is -3.55. The number of carboxylic acids is 2. The summed E-state index contributed by atoms with van der Waals surface area (Å²) in [5.74, 6) is -0.489. The number of carbonyl (C=O) groups excluding carboxylic acids is 2. The molecular weight excluding hydrogens is 326 g/mol. The van der Waals surface area contributed by atoms with Gasteiger partial charge in [0.1, 0.15) is 0 Å². The average molecular weight is 358 g/mol. The number of rotatable bonds is 15. The zero-order valence-corrected chi connectivity index (χ0v) is 20.3. The minimum atomic E-state index is -0.943. The summed E-state index contributed by atoms with van der Waals surface area (Å²) < 4.78 is 0. The SMILES string of the molecule is CC(CCCCCCC(=O)[O-])C(C)CCCCCCC(=O)[O-].[Na+].[Na+]. The second kappa shape index (κ2) is 20.3. The number of hydrogen-bond donors (Lipinski definition) is 0. The van der Waals surface area contributed by atoms with E-state index in [0.717, 1.165) is 38.5 Å². The summed E-state index contributed by atoms with van der Waals surface area (Å²) >= 11 is 0. The molecule has 0 amide bonds. The molecule has 0 bridgehead atoms. The minimum absolute atomic E-state index is 0. The van der Waals surface area contributed by atoms with E-state index in [1.165, 1.54) is 25.7 Å². The Morgan fingerprint density at radius 1 is 0.625 bits per heavy atom. The van der Waals surface area contributed by atoms with Crippen LogP contribution in [0, 0.1) is 11.8 Å². The van der Waals surface area contributed by atoms with Gasteiger partial charge in [0.25, 0.3) is 0 Å². The van der Waals surface area contributed by atoms with Crippen molar-refractivity contribution in [1.82, 2.24) is 0 Å². The Bertz CT molecular complexity index is 281. The van der Waals surface area contributed by atoms with E-state index in [9.17, 15) is 19.8 Å². The van der Waals surface area contributed by atoms with Crippen LogP contribution in [0.15, 0.2) is 0 Å². The predicted molar refractivity (Wildman–Crippen MR) is 83.7 cm³/mol. The Kier molecular flexibility index (Phi) is 25.1. The first-order valence-electron chi connectivity index (χ1n) is 8.83. The number of aliphatic carboxylic acids is 2. The van der Waals surface area contributed by atoms with Crippen molar-refractivity contribution in [1.29, 1.82) is 0 Å². The molecule has 0 aliphatic heterocycles. The zero-order valence-electron chi connectivity index (χ0n) is 16.3. The van der Waals surface area contributed by atoms with Crippen LogP contribution in [0.5, 0.6) is 0 Å². The number of carboxylic acid groups (broad SMARTS) is 2. The fraction of sp³-hybridized carbons (Fsp3) is 0.889. The van der Waals surface area contributed by atoms with Crippen LogP contribution in [0.25, 0.3) is 0 Å². The number of hydrogen-bond acceptors (Lipinski definition) is 4. The summed E-state index contributed by atoms with van der Waals surface area (Å²) in [5, 5.41) is 20.6. The van der Waals surface area contributed by atoms with Crippen LogP contribution in [-0.4, -0.2) is 11.9 Å². The van der Waals surface area contributed by atoms with Gasteiger partial charge in [0.2, 0.25) is 0 Å². The van der Waals surface area contributed by atoms with Gasteiger partial charge in [-0.25, -0.2) is 0 Å². The minimum Gasteiger partial charge on any atom is -0.550 e. The van der Waals surface area contributed by atoms with Crippen molar-refractivity contribution in [2.75, 3.05) is 0 Å². The number of carbonyl (C=O) groups is 2. The Morgan fingerprint density at radius 3 is 1.21 bits per heavy atom. The van der Waals surface area contributed by atoms with Crippen molar-refractivity contribution >= 4 is 11.9 Å². The van der Waals surface area contributed by atoms with Gasteiger partial charge in [0.15, 0.2) is 0 Å². The molecule has 24 heavy (non-hydrogen) atoms. The van der Waals surface area contributed by atoms with Gasteiger partial charge in [-0.05, 0) is 37.5 Å². The Labute approximate surface area is 192 Å². The molecule has 4 nitrogen and oxygen atoms in total. The van der Waals surface area contributed by atoms with Crippen LogP contribution in [-0.2, 0) is 9.59 Å². The molecule has 0 aromatic rings. The molecule has 2 unspecified atom stereocenters. The Balaban J connectivity index is -0.00000220. The molecule has 0 aromatic heterocycles. The molecule has 0 saturated carbocycles. The van der Waals surface area contributed by atoms with E-state index in [0.29, 0.717) is 11.8 Å². The van der Waals surface area contributed by atoms with Gasteiger partial charge >= 0.3 is 59.1 Å². The summed E-state index contributed by atoms with van der Waals surface area (Å²) in [6.07, 6.45) is 10.8. The molecule has 0 aliphatic carbocycles. The first-order chi connectivity index (χ1) is 10.4. The van der Waals surface area contributed by atoms with Crippen LogP contribution < -0.4 is 69.3 Å². The van der Waals surface area contributed by atoms with Crippen LogP contribution in [0.4, 0.5) is 0 Å². The van der Waals surface area contributed by atoms with E-state index in [4.69, 9.17) is 0 Å². The molecular formula is C18H32Na2O4. The van der Waals surface area contributed by atoms with Crippen LogP contribution in [0.1, 0.15) is 90.9 Å². The second-order valence-electron chi connectivity index (χ2n) is 6.60. The first kappa shape index (κ1) is 29.7. The van der Waals surface area contributed by atoms with Gasteiger partial charge in [-0.2, -0.15) is 0 Å². The molecule has 0 radical (unpaired) electrons. The third-order valence-electron chi connectivity index (χ3n) is 4.55. The fourth-order valence-corrected chi connectivity index (χ4v) is 2.75. The van der Waals surface area contributed by atoms with Gasteiger partial charge in [-0.3, -0.25) is 0 Å². The summed E-state index contributed by atoms with van der Waals surface area (Å²) in [5.41, 5.74) is 0. The van der Waals surface area contributed by atoms with Gasteiger partial charge < -0.3 is 19.8 Å². The second-order valence-corrected chi connectivity index (χ2v) is 6.60. The monoisotopic (exact) mass is 358 g/mol. The molecule has 0 aliphatic rings. The Morgan fingerprint density at radius 2 is 0.917 bits per heavy atom. The van der Waals surface area contributed by atoms with E-state index < -0.39 is 11.9 Å². The molecule has 130 valence electrons. The van der Waals surface area contributed by atoms with Crippen molar-refractivity contribution < 1.29 is 78.9 Å². The smallest absolute Gasteiger partial charge is 0.550 e. The molecule has 0 heterocycles. The summed E-state index contributed by atoms with van der Waals surface area (Å²) in [7, 11) is 0. The summed E-state index contributed by atoms with van der Waals surface area (Å²) in [6.45, 7) is 4.59. The zero-order chi connectivity index (χ0) is 16.8. The molecule has 0 N–H and O–H groups in total. The van der Waals surface area contributed by atoms with Crippen molar-refractivity contribution in [2.24, 2.45) is 11.8 Å². The largest absolute Gasteiger partial charge is 1.00 e. The van der Waals surface area contributed by atoms with Crippen molar-refractivity contribution in [3.05, 3.63) is 0 Å². The molecule has 0 aromatic carbocycles. The van der Waals surface area contributed by atoms with Crippen molar-refractivity contribution in [3.63, 3.8) is 0 Å². The van der Waals surface area contributed by atoms with Crippen LogP contribution >= 0.6 is 0 Å². The Hall–Kier alpha value is 0.940. The van der Waals surface area contributed by atoms with E-state index >= 15 is 0 Å². The maximum absolute atomic E-state index is 10.3. The van der Waals surface area contributed by atoms with E-state index in [1.807, 2.05) is 0 Å². The molecule has 0 saturated heterocycles. The van der Waals surface area contributed by atoms with Gasteiger partial charge in [-0.15, -0.1) is 0 Å².